The summed E-state index contributed by atoms with van der Waals surface area (Å²) in [6, 6.07) is 5.81. The standard InChI is InChI=1S/C15H17ClN2O2S/c1-9(2)13-7-17-15(21-8-14(19)20)18(13)11-5-4-10(3)12(16)6-11/h4-7,9H,8H2,1-3H3,(H,19,20). The van der Waals surface area contributed by atoms with E-state index in [1.54, 1.807) is 6.20 Å². The first-order valence-corrected chi connectivity index (χ1v) is 7.95. The molecule has 0 amide bonds. The molecule has 0 atom stereocenters. The van der Waals surface area contributed by atoms with Crippen molar-refractivity contribution in [1.82, 2.24) is 9.55 Å². The number of rotatable bonds is 5. The van der Waals surface area contributed by atoms with Crippen LogP contribution in [0.15, 0.2) is 29.6 Å². The van der Waals surface area contributed by atoms with Crippen molar-refractivity contribution in [3.63, 3.8) is 0 Å². The van der Waals surface area contributed by atoms with Gasteiger partial charge in [-0.15, -0.1) is 0 Å². The molecule has 0 saturated heterocycles. The zero-order valence-electron chi connectivity index (χ0n) is 12.1. The molecule has 112 valence electrons. The summed E-state index contributed by atoms with van der Waals surface area (Å²) < 4.78 is 1.98. The number of nitrogens with zero attached hydrogens (tertiary/aromatic N) is 2. The number of aryl methyl sites for hydroxylation is 1. The van der Waals surface area contributed by atoms with Crippen molar-refractivity contribution in [3.05, 3.63) is 40.7 Å². The van der Waals surface area contributed by atoms with E-state index < -0.39 is 5.97 Å². The second-order valence-corrected chi connectivity index (χ2v) is 6.42. The van der Waals surface area contributed by atoms with Gasteiger partial charge in [-0.2, -0.15) is 0 Å². The number of carboxylic acid groups (broad SMARTS) is 1. The minimum Gasteiger partial charge on any atom is -0.481 e. The molecule has 0 aliphatic carbocycles. The molecule has 1 aromatic carbocycles. The van der Waals surface area contributed by atoms with E-state index in [9.17, 15) is 4.79 Å². The Balaban J connectivity index is 2.49. The second-order valence-electron chi connectivity index (χ2n) is 5.07. The Labute approximate surface area is 133 Å². The fourth-order valence-corrected chi connectivity index (χ4v) is 2.86. The summed E-state index contributed by atoms with van der Waals surface area (Å²) in [6.45, 7) is 6.10. The molecule has 0 fully saturated rings. The first kappa shape index (κ1) is 15.9. The molecule has 4 nitrogen and oxygen atoms in total. The fraction of sp³-hybridized carbons (Fsp3) is 0.333. The van der Waals surface area contributed by atoms with E-state index in [0.717, 1.165) is 16.9 Å². The molecule has 1 N–H and O–H groups in total. The molecule has 0 bridgehead atoms. The van der Waals surface area contributed by atoms with Crippen LogP contribution in [0.3, 0.4) is 0 Å². The summed E-state index contributed by atoms with van der Waals surface area (Å²) in [5.41, 5.74) is 2.94. The number of hydrogen-bond acceptors (Lipinski definition) is 3. The SMILES string of the molecule is Cc1ccc(-n2c(C(C)C)cnc2SCC(=O)O)cc1Cl. The number of aliphatic carboxylic acids is 1. The number of thioether (sulfide) groups is 1. The number of imidazole rings is 1. The van der Waals surface area contributed by atoms with Gasteiger partial charge in [-0.3, -0.25) is 9.36 Å². The Kier molecular flexibility index (Phi) is 4.96. The zero-order valence-corrected chi connectivity index (χ0v) is 13.7. The van der Waals surface area contributed by atoms with E-state index in [1.807, 2.05) is 29.7 Å². The van der Waals surface area contributed by atoms with E-state index in [4.69, 9.17) is 16.7 Å². The van der Waals surface area contributed by atoms with Gasteiger partial charge in [-0.1, -0.05) is 43.3 Å². The number of carboxylic acids is 1. The molecule has 1 aromatic heterocycles. The third-order valence-corrected chi connectivity index (χ3v) is 4.43. The maximum absolute atomic E-state index is 10.8. The zero-order chi connectivity index (χ0) is 15.6. The summed E-state index contributed by atoms with van der Waals surface area (Å²) in [5.74, 6) is -0.604. The monoisotopic (exact) mass is 324 g/mol. The van der Waals surface area contributed by atoms with Crippen LogP contribution in [0.25, 0.3) is 5.69 Å². The van der Waals surface area contributed by atoms with Gasteiger partial charge in [-0.25, -0.2) is 4.98 Å². The Hall–Kier alpha value is -1.46. The van der Waals surface area contributed by atoms with E-state index in [0.29, 0.717) is 10.2 Å². The van der Waals surface area contributed by atoms with Crippen LogP contribution >= 0.6 is 23.4 Å². The van der Waals surface area contributed by atoms with Gasteiger partial charge in [0.1, 0.15) is 0 Å². The molecule has 0 radical (unpaired) electrons. The Morgan fingerprint density at radius 3 is 2.76 bits per heavy atom. The van der Waals surface area contributed by atoms with Crippen molar-refractivity contribution in [2.45, 2.75) is 31.8 Å². The van der Waals surface area contributed by atoms with Crippen LogP contribution in [0.5, 0.6) is 0 Å². The number of hydrogen-bond donors (Lipinski definition) is 1. The summed E-state index contributed by atoms with van der Waals surface area (Å²) in [6.07, 6.45) is 1.79. The summed E-state index contributed by atoms with van der Waals surface area (Å²) >= 11 is 7.42. The van der Waals surface area contributed by atoms with E-state index in [2.05, 4.69) is 18.8 Å². The molecule has 6 heteroatoms. The third-order valence-electron chi connectivity index (χ3n) is 3.09. The fourth-order valence-electron chi connectivity index (χ4n) is 1.96. The van der Waals surface area contributed by atoms with E-state index in [1.165, 1.54) is 11.8 Å². The highest BCUT2D eigenvalue weighted by Gasteiger charge is 2.16. The number of aromatic nitrogens is 2. The molecule has 21 heavy (non-hydrogen) atoms. The van der Waals surface area contributed by atoms with Gasteiger partial charge in [0, 0.05) is 16.4 Å². The van der Waals surface area contributed by atoms with Crippen molar-refractivity contribution in [1.29, 1.82) is 0 Å². The highest BCUT2D eigenvalue weighted by molar-refractivity contribution is 7.99. The number of benzene rings is 1. The summed E-state index contributed by atoms with van der Waals surface area (Å²) in [5, 5.41) is 10.2. The number of halogens is 1. The van der Waals surface area contributed by atoms with Crippen LogP contribution < -0.4 is 0 Å². The maximum Gasteiger partial charge on any atom is 0.313 e. The maximum atomic E-state index is 10.8. The molecule has 0 aliphatic heterocycles. The first-order chi connectivity index (χ1) is 9.90. The second kappa shape index (κ2) is 6.54. The van der Waals surface area contributed by atoms with Gasteiger partial charge < -0.3 is 5.11 Å². The van der Waals surface area contributed by atoms with Crippen LogP contribution in [0.2, 0.25) is 5.02 Å². The van der Waals surface area contributed by atoms with Crippen molar-refractivity contribution in [2.75, 3.05) is 5.75 Å². The molecule has 0 unspecified atom stereocenters. The topological polar surface area (TPSA) is 55.1 Å². The molecule has 0 saturated carbocycles. The molecule has 2 rings (SSSR count). The summed E-state index contributed by atoms with van der Waals surface area (Å²) in [4.78, 5) is 15.1. The lowest BCUT2D eigenvalue weighted by molar-refractivity contribution is -0.133. The molecule has 1 heterocycles. The van der Waals surface area contributed by atoms with Crippen LogP contribution in [0.4, 0.5) is 0 Å². The van der Waals surface area contributed by atoms with Crippen LogP contribution in [-0.4, -0.2) is 26.4 Å². The van der Waals surface area contributed by atoms with Crippen molar-refractivity contribution < 1.29 is 9.90 Å². The minimum absolute atomic E-state index is 0.0197. The average molecular weight is 325 g/mol. The van der Waals surface area contributed by atoms with Gasteiger partial charge in [0.2, 0.25) is 0 Å². The Morgan fingerprint density at radius 2 is 2.19 bits per heavy atom. The van der Waals surface area contributed by atoms with Crippen LogP contribution in [0, 0.1) is 6.92 Å². The van der Waals surface area contributed by atoms with E-state index >= 15 is 0 Å². The molecule has 0 spiro atoms. The normalized spacial score (nSPS) is 11.1. The quantitative estimate of drug-likeness (QED) is 0.840. The number of carbonyl (C=O) groups is 1. The largest absolute Gasteiger partial charge is 0.481 e. The third kappa shape index (κ3) is 3.60. The first-order valence-electron chi connectivity index (χ1n) is 6.59. The smallest absolute Gasteiger partial charge is 0.313 e. The van der Waals surface area contributed by atoms with Crippen LogP contribution in [-0.2, 0) is 4.79 Å². The predicted octanol–water partition coefficient (Wildman–Crippen LogP) is 4.13. The molecular formula is C15H17ClN2O2S. The summed E-state index contributed by atoms with van der Waals surface area (Å²) in [7, 11) is 0. The van der Waals surface area contributed by atoms with Gasteiger partial charge >= 0.3 is 5.97 Å². The lowest BCUT2D eigenvalue weighted by Crippen LogP contribution is -2.05. The van der Waals surface area contributed by atoms with Gasteiger partial charge in [0.25, 0.3) is 0 Å². The van der Waals surface area contributed by atoms with E-state index in [-0.39, 0.29) is 11.7 Å². The Bertz CT molecular complexity index is 668. The lowest BCUT2D eigenvalue weighted by Gasteiger charge is -2.14. The van der Waals surface area contributed by atoms with Crippen LogP contribution in [0.1, 0.15) is 31.0 Å². The van der Waals surface area contributed by atoms with Crippen molar-refractivity contribution >= 4 is 29.3 Å². The molecule has 0 aliphatic rings. The molecule has 2 aromatic rings. The Morgan fingerprint density at radius 1 is 1.48 bits per heavy atom. The van der Waals surface area contributed by atoms with Gasteiger partial charge in [-0.05, 0) is 30.5 Å². The molecular weight excluding hydrogens is 308 g/mol. The predicted molar refractivity (Wildman–Crippen MR) is 85.8 cm³/mol. The van der Waals surface area contributed by atoms with Gasteiger partial charge in [0.05, 0.1) is 11.9 Å². The van der Waals surface area contributed by atoms with Crippen molar-refractivity contribution in [3.8, 4) is 5.69 Å². The van der Waals surface area contributed by atoms with Crippen molar-refractivity contribution in [2.24, 2.45) is 0 Å². The minimum atomic E-state index is -0.859. The average Bonchev–Trinajstić information content (AvgIpc) is 2.83. The lowest BCUT2D eigenvalue weighted by atomic mass is 10.1. The highest BCUT2D eigenvalue weighted by atomic mass is 35.5. The van der Waals surface area contributed by atoms with Gasteiger partial charge in [0.15, 0.2) is 5.16 Å². The highest BCUT2D eigenvalue weighted by Crippen LogP contribution is 2.29.